The van der Waals surface area contributed by atoms with E-state index in [-0.39, 0.29) is 5.91 Å². The monoisotopic (exact) mass is 384 g/mol. The third-order valence-corrected chi connectivity index (χ3v) is 6.06. The Kier molecular flexibility index (Phi) is 4.83. The molecule has 0 radical (unpaired) electrons. The first kappa shape index (κ1) is 17.9. The minimum absolute atomic E-state index is 0.128. The molecule has 6 heteroatoms. The molecule has 1 amide bonds. The lowest BCUT2D eigenvalue weighted by Crippen LogP contribution is -2.29. The molecule has 142 valence electrons. The summed E-state index contributed by atoms with van der Waals surface area (Å²) < 4.78 is 14.1. The maximum Gasteiger partial charge on any atom is 0.270 e. The van der Waals surface area contributed by atoms with Crippen LogP contribution in [0.25, 0.3) is 10.2 Å². The van der Waals surface area contributed by atoms with Crippen LogP contribution >= 0.6 is 11.3 Å². The predicted octanol–water partition coefficient (Wildman–Crippen LogP) is 4.31. The van der Waals surface area contributed by atoms with Gasteiger partial charge >= 0.3 is 0 Å². The molecule has 0 bridgehead atoms. The molecule has 0 unspecified atom stereocenters. The number of hydrogen-bond acceptors (Lipinski definition) is 4. The summed E-state index contributed by atoms with van der Waals surface area (Å²) in [6.45, 7) is 4.40. The Hall–Kier alpha value is -2.47. The van der Waals surface area contributed by atoms with Crippen LogP contribution in [0, 0.1) is 6.92 Å². The minimum Gasteiger partial charge on any atom is -0.497 e. The molecular formula is C21H24N2O3S. The van der Waals surface area contributed by atoms with E-state index in [1.807, 2.05) is 29.2 Å². The first-order valence-electron chi connectivity index (χ1n) is 9.20. The van der Waals surface area contributed by atoms with Crippen molar-refractivity contribution in [2.45, 2.75) is 26.3 Å². The molecule has 0 spiro atoms. The number of fused-ring (bicyclic) bond motifs is 1. The predicted molar refractivity (Wildman–Crippen MR) is 108 cm³/mol. The Morgan fingerprint density at radius 2 is 1.70 bits per heavy atom. The molecule has 4 rings (SSSR count). The largest absolute Gasteiger partial charge is 0.497 e. The molecule has 1 aliphatic rings. The van der Waals surface area contributed by atoms with Gasteiger partial charge in [-0.3, -0.25) is 4.79 Å². The van der Waals surface area contributed by atoms with Crippen molar-refractivity contribution in [2.75, 3.05) is 27.3 Å². The highest BCUT2D eigenvalue weighted by atomic mass is 32.1. The van der Waals surface area contributed by atoms with Crippen molar-refractivity contribution in [3.8, 4) is 11.5 Å². The van der Waals surface area contributed by atoms with Crippen LogP contribution in [0.15, 0.2) is 30.3 Å². The van der Waals surface area contributed by atoms with Crippen LogP contribution in [0.4, 0.5) is 0 Å². The fourth-order valence-electron chi connectivity index (χ4n) is 3.74. The first-order valence-corrected chi connectivity index (χ1v) is 10.0. The van der Waals surface area contributed by atoms with Gasteiger partial charge in [-0.15, -0.1) is 11.3 Å². The second-order valence-corrected chi connectivity index (χ2v) is 8.23. The van der Waals surface area contributed by atoms with E-state index in [0.29, 0.717) is 6.54 Å². The van der Waals surface area contributed by atoms with E-state index in [4.69, 9.17) is 9.47 Å². The lowest BCUT2D eigenvalue weighted by atomic mass is 10.2. The number of thiophene rings is 1. The molecule has 0 aliphatic carbocycles. The molecular weight excluding hydrogens is 360 g/mol. The fourth-order valence-corrected chi connectivity index (χ4v) is 4.70. The standard InChI is InChI=1S/C21H24N2O3S/c1-14-8-18-20(27-14)12-19(21(24)22-6-4-5-7-22)23(18)13-15-9-16(25-2)11-17(10-15)26-3/h8-12H,4-7,13H2,1-3H3. The fraction of sp³-hybridized carbons (Fsp3) is 0.381. The zero-order valence-electron chi connectivity index (χ0n) is 15.9. The molecule has 2 aromatic heterocycles. The van der Waals surface area contributed by atoms with Crippen LogP contribution in [-0.4, -0.2) is 42.7 Å². The number of aromatic nitrogens is 1. The van der Waals surface area contributed by atoms with Crippen molar-refractivity contribution >= 4 is 27.5 Å². The molecule has 3 aromatic rings. The topological polar surface area (TPSA) is 43.7 Å². The number of ether oxygens (including phenoxy) is 2. The molecule has 1 saturated heterocycles. The normalized spacial score (nSPS) is 14.1. The van der Waals surface area contributed by atoms with Gasteiger partial charge < -0.3 is 18.9 Å². The molecule has 0 N–H and O–H groups in total. The molecule has 1 aromatic carbocycles. The number of hydrogen-bond donors (Lipinski definition) is 0. The van der Waals surface area contributed by atoms with Crippen molar-refractivity contribution < 1.29 is 14.3 Å². The number of likely N-dealkylation sites (tertiary alicyclic amines) is 1. The van der Waals surface area contributed by atoms with Gasteiger partial charge in [0.25, 0.3) is 5.91 Å². The summed E-state index contributed by atoms with van der Waals surface area (Å²) in [6, 6.07) is 10.1. The van der Waals surface area contributed by atoms with Gasteiger partial charge in [0.1, 0.15) is 17.2 Å². The second kappa shape index (κ2) is 7.27. The van der Waals surface area contributed by atoms with E-state index in [0.717, 1.165) is 58.9 Å². The molecule has 27 heavy (non-hydrogen) atoms. The van der Waals surface area contributed by atoms with Crippen molar-refractivity contribution in [2.24, 2.45) is 0 Å². The molecule has 5 nitrogen and oxygen atoms in total. The average Bonchev–Trinajstić information content (AvgIpc) is 3.38. The first-order chi connectivity index (χ1) is 13.1. The SMILES string of the molecule is COc1cc(Cn2c(C(=O)N3CCCC3)cc3sc(C)cc32)cc(OC)c1. The average molecular weight is 385 g/mol. The van der Waals surface area contributed by atoms with Crippen LogP contribution in [-0.2, 0) is 6.54 Å². The van der Waals surface area contributed by atoms with Crippen LogP contribution in [0.1, 0.15) is 33.8 Å². The Labute approximate surface area is 163 Å². The van der Waals surface area contributed by atoms with Gasteiger partial charge in [0.05, 0.1) is 24.4 Å². The van der Waals surface area contributed by atoms with E-state index in [9.17, 15) is 4.79 Å². The number of carbonyl (C=O) groups is 1. The van der Waals surface area contributed by atoms with Crippen LogP contribution in [0.5, 0.6) is 11.5 Å². The summed E-state index contributed by atoms with van der Waals surface area (Å²) in [4.78, 5) is 16.3. The zero-order valence-corrected chi connectivity index (χ0v) is 16.8. The second-order valence-electron chi connectivity index (χ2n) is 6.94. The van der Waals surface area contributed by atoms with E-state index < -0.39 is 0 Å². The Morgan fingerprint density at radius 3 is 2.33 bits per heavy atom. The summed E-state index contributed by atoms with van der Waals surface area (Å²) in [5.74, 6) is 1.63. The Bertz CT molecular complexity index is 961. The smallest absolute Gasteiger partial charge is 0.270 e. The molecule has 0 saturated carbocycles. The number of amides is 1. The highest BCUT2D eigenvalue weighted by Gasteiger charge is 2.24. The molecule has 1 fully saturated rings. The van der Waals surface area contributed by atoms with E-state index in [2.05, 4.69) is 17.6 Å². The summed E-state index contributed by atoms with van der Waals surface area (Å²) in [6.07, 6.45) is 2.18. The van der Waals surface area contributed by atoms with Gasteiger partial charge in [0.2, 0.25) is 0 Å². The van der Waals surface area contributed by atoms with Crippen molar-refractivity contribution in [3.05, 3.63) is 46.5 Å². The number of methoxy groups -OCH3 is 2. The number of rotatable bonds is 5. The van der Waals surface area contributed by atoms with Crippen LogP contribution in [0.2, 0.25) is 0 Å². The number of aryl methyl sites for hydroxylation is 1. The van der Waals surface area contributed by atoms with Gasteiger partial charge in [-0.05, 0) is 49.6 Å². The summed E-state index contributed by atoms with van der Waals surface area (Å²) in [5.41, 5.74) is 2.92. The lowest BCUT2D eigenvalue weighted by molar-refractivity contribution is 0.0783. The summed E-state index contributed by atoms with van der Waals surface area (Å²) in [5, 5.41) is 0. The van der Waals surface area contributed by atoms with Gasteiger partial charge in [-0.25, -0.2) is 0 Å². The minimum atomic E-state index is 0.128. The quantitative estimate of drug-likeness (QED) is 0.658. The van der Waals surface area contributed by atoms with E-state index in [1.165, 1.54) is 4.88 Å². The summed E-state index contributed by atoms with van der Waals surface area (Å²) in [7, 11) is 3.30. The van der Waals surface area contributed by atoms with Crippen molar-refractivity contribution in [1.29, 1.82) is 0 Å². The summed E-state index contributed by atoms with van der Waals surface area (Å²) >= 11 is 1.73. The maximum absolute atomic E-state index is 13.1. The van der Waals surface area contributed by atoms with Gasteiger partial charge in [-0.2, -0.15) is 0 Å². The van der Waals surface area contributed by atoms with Gasteiger partial charge in [0, 0.05) is 30.6 Å². The third kappa shape index (κ3) is 3.41. The molecule has 0 atom stereocenters. The Balaban J connectivity index is 1.77. The van der Waals surface area contributed by atoms with Gasteiger partial charge in [-0.1, -0.05) is 0 Å². The van der Waals surface area contributed by atoms with E-state index in [1.54, 1.807) is 25.6 Å². The third-order valence-electron chi connectivity index (χ3n) is 5.08. The number of nitrogens with zero attached hydrogens (tertiary/aromatic N) is 2. The maximum atomic E-state index is 13.1. The van der Waals surface area contributed by atoms with Crippen LogP contribution < -0.4 is 9.47 Å². The van der Waals surface area contributed by atoms with Crippen LogP contribution in [0.3, 0.4) is 0 Å². The van der Waals surface area contributed by atoms with Crippen molar-refractivity contribution in [3.63, 3.8) is 0 Å². The Morgan fingerprint density at radius 1 is 1.04 bits per heavy atom. The van der Waals surface area contributed by atoms with Gasteiger partial charge in [0.15, 0.2) is 0 Å². The molecule has 1 aliphatic heterocycles. The van der Waals surface area contributed by atoms with E-state index >= 15 is 0 Å². The van der Waals surface area contributed by atoms with Crippen molar-refractivity contribution in [1.82, 2.24) is 9.47 Å². The highest BCUT2D eigenvalue weighted by molar-refractivity contribution is 7.19. The number of carbonyl (C=O) groups excluding carboxylic acids is 1. The highest BCUT2D eigenvalue weighted by Crippen LogP contribution is 2.31. The number of benzene rings is 1. The zero-order chi connectivity index (χ0) is 19.0. The molecule has 3 heterocycles. The lowest BCUT2D eigenvalue weighted by Gasteiger charge is -2.18.